The molecule has 1 aliphatic rings. The Morgan fingerprint density at radius 1 is 1.52 bits per heavy atom. The quantitative estimate of drug-likeness (QED) is 0.789. The number of nitrogens with zero attached hydrogens (tertiary/aromatic N) is 1. The minimum atomic E-state index is 0.00631. The molecule has 1 aliphatic heterocycles. The second-order valence-corrected chi connectivity index (χ2v) is 5.61. The van der Waals surface area contributed by atoms with E-state index in [1.165, 1.54) is 12.8 Å². The fourth-order valence-electron chi connectivity index (χ4n) is 2.70. The van der Waals surface area contributed by atoms with Crippen molar-refractivity contribution in [3.05, 3.63) is 18.2 Å². The summed E-state index contributed by atoms with van der Waals surface area (Å²) in [6.07, 6.45) is 2.98. The highest BCUT2D eigenvalue weighted by molar-refractivity contribution is 5.94. The lowest BCUT2D eigenvalue weighted by molar-refractivity contribution is -0.116. The van der Waals surface area contributed by atoms with Crippen LogP contribution in [0.2, 0.25) is 0 Å². The molecule has 0 bridgehead atoms. The second kappa shape index (κ2) is 7.31. The van der Waals surface area contributed by atoms with Crippen LogP contribution < -0.4 is 15.8 Å². The molecule has 116 valence electrons. The Kier molecular flexibility index (Phi) is 5.44. The second-order valence-electron chi connectivity index (χ2n) is 5.61. The van der Waals surface area contributed by atoms with Gasteiger partial charge in [-0.05, 0) is 31.0 Å². The van der Waals surface area contributed by atoms with Crippen molar-refractivity contribution in [2.75, 3.05) is 37.8 Å². The first kappa shape index (κ1) is 15.6. The maximum atomic E-state index is 12.0. The zero-order valence-corrected chi connectivity index (χ0v) is 12.9. The average molecular weight is 291 g/mol. The van der Waals surface area contributed by atoms with E-state index in [1.54, 1.807) is 25.3 Å². The molecule has 0 aliphatic carbocycles. The van der Waals surface area contributed by atoms with Crippen LogP contribution in [0.25, 0.3) is 0 Å². The molecule has 1 amide bonds. The number of carbonyl (C=O) groups is 1. The monoisotopic (exact) mass is 291 g/mol. The Morgan fingerprint density at radius 3 is 2.95 bits per heavy atom. The van der Waals surface area contributed by atoms with Gasteiger partial charge in [-0.3, -0.25) is 4.79 Å². The molecule has 0 aromatic heterocycles. The van der Waals surface area contributed by atoms with E-state index in [0.717, 1.165) is 25.6 Å². The van der Waals surface area contributed by atoms with Gasteiger partial charge in [0.05, 0.1) is 18.5 Å². The van der Waals surface area contributed by atoms with Gasteiger partial charge in [0, 0.05) is 25.6 Å². The third kappa shape index (κ3) is 4.36. The third-order valence-corrected chi connectivity index (χ3v) is 4.14. The number of likely N-dealkylation sites (tertiary alicyclic amines) is 1. The molecule has 2 rings (SSSR count). The number of anilines is 2. The molecule has 21 heavy (non-hydrogen) atoms. The predicted octanol–water partition coefficient (Wildman–Crippen LogP) is 2.34. The van der Waals surface area contributed by atoms with Crippen LogP contribution in [0.4, 0.5) is 11.4 Å². The van der Waals surface area contributed by atoms with Gasteiger partial charge < -0.3 is 20.7 Å². The molecule has 1 saturated heterocycles. The summed E-state index contributed by atoms with van der Waals surface area (Å²) in [5, 5.41) is 2.86. The number of nitrogens with one attached hydrogen (secondary N) is 1. The molecular weight excluding hydrogens is 266 g/mol. The first-order valence-corrected chi connectivity index (χ1v) is 7.58. The highest BCUT2D eigenvalue weighted by atomic mass is 16.5. The maximum Gasteiger partial charge on any atom is 0.225 e. The van der Waals surface area contributed by atoms with E-state index >= 15 is 0 Å². The predicted molar refractivity (Wildman–Crippen MR) is 85.5 cm³/mol. The van der Waals surface area contributed by atoms with Crippen LogP contribution in [0.3, 0.4) is 0 Å². The summed E-state index contributed by atoms with van der Waals surface area (Å²) in [5.74, 6) is 1.49. The average Bonchev–Trinajstić information content (AvgIpc) is 2.95. The molecule has 0 radical (unpaired) electrons. The van der Waals surface area contributed by atoms with Gasteiger partial charge in [-0.2, -0.15) is 0 Å². The van der Waals surface area contributed by atoms with Crippen LogP contribution in [0.15, 0.2) is 18.2 Å². The molecule has 0 spiro atoms. The molecule has 3 N–H and O–H groups in total. The third-order valence-electron chi connectivity index (χ3n) is 4.14. The standard InChI is InChI=1S/C16H25N3O2/c1-3-12-6-8-19(11-12)9-7-16(20)18-15-5-4-13(21-2)10-14(15)17/h4-5,10,12H,3,6-9,11,17H2,1-2H3,(H,18,20). The number of nitrogen functional groups attached to an aromatic ring is 1. The van der Waals surface area contributed by atoms with E-state index in [1.807, 2.05) is 0 Å². The molecule has 0 saturated carbocycles. The van der Waals surface area contributed by atoms with E-state index in [4.69, 9.17) is 10.5 Å². The molecule has 1 heterocycles. The van der Waals surface area contributed by atoms with Gasteiger partial charge in [0.1, 0.15) is 5.75 Å². The van der Waals surface area contributed by atoms with Crippen LogP contribution in [0, 0.1) is 5.92 Å². The van der Waals surface area contributed by atoms with Gasteiger partial charge in [-0.1, -0.05) is 13.3 Å². The number of hydrogen-bond acceptors (Lipinski definition) is 4. The van der Waals surface area contributed by atoms with Crippen LogP contribution in [0.1, 0.15) is 26.2 Å². The summed E-state index contributed by atoms with van der Waals surface area (Å²) in [6, 6.07) is 5.27. The number of carbonyl (C=O) groups excluding carboxylic acids is 1. The van der Waals surface area contributed by atoms with Crippen molar-refractivity contribution in [1.29, 1.82) is 0 Å². The van der Waals surface area contributed by atoms with Crippen LogP contribution in [-0.4, -0.2) is 37.6 Å². The van der Waals surface area contributed by atoms with Crippen LogP contribution >= 0.6 is 0 Å². The van der Waals surface area contributed by atoms with Crippen molar-refractivity contribution >= 4 is 17.3 Å². The number of amides is 1. The Labute approximate surface area is 126 Å². The molecule has 1 fully saturated rings. The van der Waals surface area contributed by atoms with Gasteiger partial charge in [0.15, 0.2) is 0 Å². The van der Waals surface area contributed by atoms with E-state index in [9.17, 15) is 4.79 Å². The lowest BCUT2D eigenvalue weighted by Crippen LogP contribution is -2.26. The number of nitrogens with two attached hydrogens (primary N) is 1. The number of hydrogen-bond donors (Lipinski definition) is 2. The first-order chi connectivity index (χ1) is 10.1. The largest absolute Gasteiger partial charge is 0.497 e. The fraction of sp³-hybridized carbons (Fsp3) is 0.562. The minimum absolute atomic E-state index is 0.00631. The highest BCUT2D eigenvalue weighted by Gasteiger charge is 2.21. The number of ether oxygens (including phenoxy) is 1. The van der Waals surface area contributed by atoms with Gasteiger partial charge >= 0.3 is 0 Å². The first-order valence-electron chi connectivity index (χ1n) is 7.58. The van der Waals surface area contributed by atoms with Gasteiger partial charge in [-0.25, -0.2) is 0 Å². The van der Waals surface area contributed by atoms with Crippen molar-refractivity contribution in [1.82, 2.24) is 4.90 Å². The van der Waals surface area contributed by atoms with E-state index < -0.39 is 0 Å². The molecule has 1 atom stereocenters. The van der Waals surface area contributed by atoms with Gasteiger partial charge in [0.25, 0.3) is 0 Å². The Balaban J connectivity index is 1.79. The van der Waals surface area contributed by atoms with Crippen molar-refractivity contribution in [2.45, 2.75) is 26.2 Å². The van der Waals surface area contributed by atoms with E-state index in [-0.39, 0.29) is 5.91 Å². The van der Waals surface area contributed by atoms with Crippen molar-refractivity contribution in [3.8, 4) is 5.75 Å². The van der Waals surface area contributed by atoms with Crippen LogP contribution in [0.5, 0.6) is 5.75 Å². The maximum absolute atomic E-state index is 12.0. The molecule has 1 aromatic rings. The van der Waals surface area contributed by atoms with Gasteiger partial charge in [0.2, 0.25) is 5.91 Å². The minimum Gasteiger partial charge on any atom is -0.497 e. The molecule has 1 unspecified atom stereocenters. The Hall–Kier alpha value is -1.75. The van der Waals surface area contributed by atoms with Gasteiger partial charge in [-0.15, -0.1) is 0 Å². The lowest BCUT2D eigenvalue weighted by Gasteiger charge is -2.15. The molecular formula is C16H25N3O2. The summed E-state index contributed by atoms with van der Waals surface area (Å²) in [6.45, 7) is 5.27. The normalized spacial score (nSPS) is 18.7. The van der Waals surface area contributed by atoms with Crippen molar-refractivity contribution in [2.24, 2.45) is 5.92 Å². The summed E-state index contributed by atoms with van der Waals surface area (Å²) in [4.78, 5) is 14.4. The number of rotatable bonds is 6. The summed E-state index contributed by atoms with van der Waals surface area (Å²) < 4.78 is 5.09. The van der Waals surface area contributed by atoms with Crippen molar-refractivity contribution < 1.29 is 9.53 Å². The van der Waals surface area contributed by atoms with Crippen molar-refractivity contribution in [3.63, 3.8) is 0 Å². The summed E-state index contributed by atoms with van der Waals surface area (Å²) in [5.41, 5.74) is 7.06. The SMILES string of the molecule is CCC1CCN(CCC(=O)Nc2ccc(OC)cc2N)C1. The van der Waals surface area contributed by atoms with E-state index in [2.05, 4.69) is 17.1 Å². The molecule has 5 nitrogen and oxygen atoms in total. The zero-order valence-electron chi connectivity index (χ0n) is 12.9. The fourth-order valence-corrected chi connectivity index (χ4v) is 2.70. The molecule has 1 aromatic carbocycles. The zero-order chi connectivity index (χ0) is 15.2. The highest BCUT2D eigenvalue weighted by Crippen LogP contribution is 2.24. The Bertz CT molecular complexity index is 490. The van der Waals surface area contributed by atoms with Crippen LogP contribution in [-0.2, 0) is 4.79 Å². The smallest absolute Gasteiger partial charge is 0.225 e. The number of benzene rings is 1. The topological polar surface area (TPSA) is 67.6 Å². The number of methoxy groups -OCH3 is 1. The summed E-state index contributed by atoms with van der Waals surface area (Å²) >= 11 is 0. The Morgan fingerprint density at radius 2 is 2.33 bits per heavy atom. The summed E-state index contributed by atoms with van der Waals surface area (Å²) in [7, 11) is 1.59. The van der Waals surface area contributed by atoms with E-state index in [0.29, 0.717) is 23.5 Å². The lowest BCUT2D eigenvalue weighted by atomic mass is 10.1. The molecule has 5 heteroatoms.